The Hall–Kier alpha value is -0.320. The van der Waals surface area contributed by atoms with Gasteiger partial charge >= 0.3 is 0 Å². The second-order valence-electron chi connectivity index (χ2n) is 3.41. The zero-order valence-corrected chi connectivity index (χ0v) is 8.96. The van der Waals surface area contributed by atoms with Crippen LogP contribution >= 0.6 is 15.9 Å². The van der Waals surface area contributed by atoms with Gasteiger partial charge in [0, 0.05) is 31.2 Å². The lowest BCUT2D eigenvalue weighted by Gasteiger charge is -2.40. The van der Waals surface area contributed by atoms with E-state index in [2.05, 4.69) is 20.8 Å². The summed E-state index contributed by atoms with van der Waals surface area (Å²) >= 11 is 3.28. The molecule has 72 valence electrons. The number of furan rings is 1. The molecule has 0 bridgehead atoms. The maximum atomic E-state index is 5.61. The van der Waals surface area contributed by atoms with Gasteiger partial charge in [-0.1, -0.05) is 0 Å². The molecular weight excluding hydrogens is 232 g/mol. The fourth-order valence-corrected chi connectivity index (χ4v) is 2.02. The average Bonchev–Trinajstić information content (AvgIpc) is 2.46. The van der Waals surface area contributed by atoms with E-state index in [0.717, 1.165) is 24.3 Å². The summed E-state index contributed by atoms with van der Waals surface area (Å²) in [6.07, 6.45) is 3.02. The predicted molar refractivity (Wildman–Crippen MR) is 54.3 cm³/mol. The first-order valence-electron chi connectivity index (χ1n) is 4.46. The highest BCUT2D eigenvalue weighted by atomic mass is 79.9. The molecule has 0 aliphatic carbocycles. The second-order valence-corrected chi connectivity index (χ2v) is 4.19. The Morgan fingerprint density at radius 2 is 2.54 bits per heavy atom. The molecule has 0 saturated carbocycles. The molecule has 4 heteroatoms. The van der Waals surface area contributed by atoms with Crippen LogP contribution in [0.1, 0.15) is 12.0 Å². The maximum Gasteiger partial charge on any atom is 0.169 e. The molecule has 2 heterocycles. The fourth-order valence-electron chi connectivity index (χ4n) is 1.63. The zero-order chi connectivity index (χ0) is 9.26. The topological polar surface area (TPSA) is 42.4 Å². The summed E-state index contributed by atoms with van der Waals surface area (Å²) in [5, 5.41) is 0. The van der Waals surface area contributed by atoms with Crippen molar-refractivity contribution in [1.29, 1.82) is 0 Å². The first-order valence-corrected chi connectivity index (χ1v) is 5.26. The lowest BCUT2D eigenvalue weighted by Crippen LogP contribution is -2.50. The summed E-state index contributed by atoms with van der Waals surface area (Å²) in [7, 11) is 0. The molecule has 0 spiro atoms. The van der Waals surface area contributed by atoms with Gasteiger partial charge in [0.1, 0.15) is 0 Å². The largest absolute Gasteiger partial charge is 0.457 e. The molecule has 0 aromatic carbocycles. The molecule has 13 heavy (non-hydrogen) atoms. The third kappa shape index (κ3) is 1.95. The Labute approximate surface area is 86.0 Å². The molecule has 1 fully saturated rings. The van der Waals surface area contributed by atoms with E-state index < -0.39 is 0 Å². The van der Waals surface area contributed by atoms with E-state index in [0.29, 0.717) is 6.04 Å². The Balaban J connectivity index is 1.91. The molecule has 1 aromatic heterocycles. The quantitative estimate of drug-likeness (QED) is 0.878. The summed E-state index contributed by atoms with van der Waals surface area (Å²) in [5.74, 6) is 0. The molecule has 1 aromatic rings. The summed E-state index contributed by atoms with van der Waals surface area (Å²) in [4.78, 5) is 2.37. The number of nitrogens with zero attached hydrogens (tertiary/aromatic N) is 1. The van der Waals surface area contributed by atoms with Gasteiger partial charge in [-0.05, 0) is 28.4 Å². The highest BCUT2D eigenvalue weighted by Gasteiger charge is 2.26. The Morgan fingerprint density at radius 1 is 1.69 bits per heavy atom. The predicted octanol–water partition coefficient (Wildman–Crippen LogP) is 1.58. The van der Waals surface area contributed by atoms with Crippen molar-refractivity contribution in [3.8, 4) is 0 Å². The first-order chi connectivity index (χ1) is 6.29. The lowest BCUT2D eigenvalue weighted by atomic mass is 10.0. The Kier molecular flexibility index (Phi) is 2.71. The fraction of sp³-hybridized carbons (Fsp3) is 0.556. The number of hydrogen-bond acceptors (Lipinski definition) is 3. The van der Waals surface area contributed by atoms with Crippen LogP contribution in [0.5, 0.6) is 0 Å². The molecule has 1 saturated heterocycles. The average molecular weight is 245 g/mol. The minimum atomic E-state index is 0.577. The van der Waals surface area contributed by atoms with Crippen molar-refractivity contribution in [2.24, 2.45) is 5.73 Å². The van der Waals surface area contributed by atoms with Crippen molar-refractivity contribution in [1.82, 2.24) is 4.90 Å². The third-order valence-electron chi connectivity index (χ3n) is 2.55. The molecule has 1 atom stereocenters. The van der Waals surface area contributed by atoms with Gasteiger partial charge < -0.3 is 10.2 Å². The smallest absolute Gasteiger partial charge is 0.169 e. The highest BCUT2D eigenvalue weighted by molar-refractivity contribution is 9.10. The van der Waals surface area contributed by atoms with Crippen LogP contribution in [0.25, 0.3) is 0 Å². The van der Waals surface area contributed by atoms with Crippen molar-refractivity contribution in [2.45, 2.75) is 19.0 Å². The SMILES string of the molecule is NCC1CCN1Cc1coc(Br)c1. The monoisotopic (exact) mass is 244 g/mol. The lowest BCUT2D eigenvalue weighted by molar-refractivity contribution is 0.0880. The minimum absolute atomic E-state index is 0.577. The third-order valence-corrected chi connectivity index (χ3v) is 2.96. The summed E-state index contributed by atoms with van der Waals surface area (Å²) in [6, 6.07) is 2.58. The van der Waals surface area contributed by atoms with E-state index in [1.807, 2.05) is 6.07 Å². The molecule has 2 N–H and O–H groups in total. The zero-order valence-electron chi connectivity index (χ0n) is 7.37. The van der Waals surface area contributed by atoms with Gasteiger partial charge in [0.15, 0.2) is 4.67 Å². The van der Waals surface area contributed by atoms with E-state index in [9.17, 15) is 0 Å². The van der Waals surface area contributed by atoms with Crippen molar-refractivity contribution in [2.75, 3.05) is 13.1 Å². The molecule has 1 aliphatic rings. The van der Waals surface area contributed by atoms with Crippen LogP contribution in [0.15, 0.2) is 21.4 Å². The van der Waals surface area contributed by atoms with Gasteiger partial charge in [0.2, 0.25) is 0 Å². The number of likely N-dealkylation sites (tertiary alicyclic amines) is 1. The van der Waals surface area contributed by atoms with E-state index in [1.54, 1.807) is 6.26 Å². The van der Waals surface area contributed by atoms with Crippen LogP contribution in [0.2, 0.25) is 0 Å². The minimum Gasteiger partial charge on any atom is -0.457 e. The molecule has 0 amide bonds. The van der Waals surface area contributed by atoms with Crippen LogP contribution in [-0.2, 0) is 6.54 Å². The number of halogens is 1. The van der Waals surface area contributed by atoms with Crippen molar-refractivity contribution >= 4 is 15.9 Å². The van der Waals surface area contributed by atoms with Crippen LogP contribution in [0, 0.1) is 0 Å². The van der Waals surface area contributed by atoms with Crippen LogP contribution in [-0.4, -0.2) is 24.0 Å². The van der Waals surface area contributed by atoms with Crippen LogP contribution < -0.4 is 5.73 Å². The summed E-state index contributed by atoms with van der Waals surface area (Å²) in [5.41, 5.74) is 6.82. The van der Waals surface area contributed by atoms with Crippen molar-refractivity contribution in [3.05, 3.63) is 22.6 Å². The van der Waals surface area contributed by atoms with Gasteiger partial charge in [-0.15, -0.1) is 0 Å². The van der Waals surface area contributed by atoms with Gasteiger partial charge in [0.25, 0.3) is 0 Å². The van der Waals surface area contributed by atoms with E-state index in [-0.39, 0.29) is 0 Å². The van der Waals surface area contributed by atoms with E-state index in [4.69, 9.17) is 10.2 Å². The van der Waals surface area contributed by atoms with Crippen molar-refractivity contribution < 1.29 is 4.42 Å². The Bertz CT molecular complexity index is 285. The van der Waals surface area contributed by atoms with Crippen molar-refractivity contribution in [3.63, 3.8) is 0 Å². The normalized spacial score (nSPS) is 23.1. The Morgan fingerprint density at radius 3 is 3.00 bits per heavy atom. The van der Waals surface area contributed by atoms with Gasteiger partial charge in [0.05, 0.1) is 6.26 Å². The number of nitrogens with two attached hydrogens (primary N) is 1. The van der Waals surface area contributed by atoms with E-state index in [1.165, 1.54) is 12.0 Å². The molecule has 3 nitrogen and oxygen atoms in total. The van der Waals surface area contributed by atoms with Gasteiger partial charge in [-0.25, -0.2) is 0 Å². The highest BCUT2D eigenvalue weighted by Crippen LogP contribution is 2.22. The molecular formula is C9H13BrN2O. The van der Waals surface area contributed by atoms with Gasteiger partial charge in [-0.2, -0.15) is 0 Å². The van der Waals surface area contributed by atoms with Gasteiger partial charge in [-0.3, -0.25) is 4.90 Å². The van der Waals surface area contributed by atoms with E-state index >= 15 is 0 Å². The first kappa shape index (κ1) is 9.24. The van der Waals surface area contributed by atoms with Crippen LogP contribution in [0.4, 0.5) is 0 Å². The van der Waals surface area contributed by atoms with Crippen LogP contribution in [0.3, 0.4) is 0 Å². The molecule has 0 radical (unpaired) electrons. The standard InChI is InChI=1S/C9H13BrN2O/c10-9-3-7(6-13-9)5-12-2-1-8(12)4-11/h3,6,8H,1-2,4-5,11H2. The summed E-state index contributed by atoms with van der Waals surface area (Å²) in [6.45, 7) is 2.88. The molecule has 1 unspecified atom stereocenters. The maximum absolute atomic E-state index is 5.61. The number of hydrogen-bond donors (Lipinski definition) is 1. The number of rotatable bonds is 3. The summed E-state index contributed by atoms with van der Waals surface area (Å²) < 4.78 is 5.96. The molecule has 2 rings (SSSR count). The second kappa shape index (κ2) is 3.82. The molecule has 1 aliphatic heterocycles.